The highest BCUT2D eigenvalue weighted by atomic mass is 35.5. The average Bonchev–Trinajstić information content (AvgIpc) is 2.65. The van der Waals surface area contributed by atoms with Crippen LogP contribution in [0, 0.1) is 18.3 Å². The van der Waals surface area contributed by atoms with Crippen molar-refractivity contribution in [1.29, 1.82) is 5.26 Å². The van der Waals surface area contributed by atoms with E-state index in [1.807, 2.05) is 19.1 Å². The average molecular weight is 364 g/mol. The molecular formula is C19H14ClN5O. The van der Waals surface area contributed by atoms with Crippen LogP contribution in [-0.4, -0.2) is 16.1 Å². The van der Waals surface area contributed by atoms with Gasteiger partial charge >= 0.3 is 0 Å². The molecule has 0 aliphatic carbocycles. The van der Waals surface area contributed by atoms with Crippen molar-refractivity contribution < 1.29 is 4.79 Å². The van der Waals surface area contributed by atoms with E-state index >= 15 is 0 Å². The zero-order valence-corrected chi connectivity index (χ0v) is 14.6. The van der Waals surface area contributed by atoms with Gasteiger partial charge in [-0.2, -0.15) is 5.26 Å². The number of carbonyl (C=O) groups excluding carboxylic acids is 1. The van der Waals surface area contributed by atoms with Crippen LogP contribution in [0.5, 0.6) is 0 Å². The van der Waals surface area contributed by atoms with Gasteiger partial charge in [-0.1, -0.05) is 29.8 Å². The largest absolute Gasteiger partial charge is 0.338 e. The Morgan fingerprint density at radius 1 is 1.08 bits per heavy atom. The van der Waals surface area contributed by atoms with Crippen LogP contribution in [-0.2, 0) is 0 Å². The number of benzene rings is 2. The van der Waals surface area contributed by atoms with Crippen molar-refractivity contribution in [2.75, 3.05) is 10.6 Å². The minimum atomic E-state index is -0.439. The number of amides is 1. The molecule has 7 heteroatoms. The summed E-state index contributed by atoms with van der Waals surface area (Å²) < 4.78 is 0. The number of hydrogen-bond donors (Lipinski definition) is 2. The SMILES string of the molecule is Cc1ccc(Cl)cc1Nc1ccc(C(=O)Nc2ccccc2C#N)nn1. The Morgan fingerprint density at radius 2 is 1.88 bits per heavy atom. The van der Waals surface area contributed by atoms with E-state index in [2.05, 4.69) is 20.8 Å². The number of nitrogens with zero attached hydrogens (tertiary/aromatic N) is 3. The monoisotopic (exact) mass is 363 g/mol. The standard InChI is InChI=1S/C19H14ClN5O/c1-12-6-7-14(20)10-17(12)22-18-9-8-16(24-25-18)19(26)23-15-5-3-2-4-13(15)11-21/h2-10H,1H3,(H,22,25)(H,23,26). The number of aryl methyl sites for hydroxylation is 1. The van der Waals surface area contributed by atoms with Gasteiger partial charge in [0.25, 0.3) is 5.91 Å². The van der Waals surface area contributed by atoms with E-state index in [1.54, 1.807) is 48.5 Å². The molecule has 128 valence electrons. The fourth-order valence-electron chi connectivity index (χ4n) is 2.26. The summed E-state index contributed by atoms with van der Waals surface area (Å²) in [6, 6.07) is 17.5. The summed E-state index contributed by atoms with van der Waals surface area (Å²) in [4.78, 5) is 12.3. The van der Waals surface area contributed by atoms with E-state index in [-0.39, 0.29) is 5.69 Å². The lowest BCUT2D eigenvalue weighted by Gasteiger charge is -2.09. The number of aromatic nitrogens is 2. The second kappa shape index (κ2) is 7.64. The zero-order chi connectivity index (χ0) is 18.5. The molecule has 1 heterocycles. The van der Waals surface area contributed by atoms with Gasteiger partial charge in [0.15, 0.2) is 11.5 Å². The molecule has 2 N–H and O–H groups in total. The molecule has 0 aliphatic rings. The lowest BCUT2D eigenvalue weighted by molar-refractivity contribution is 0.102. The number of para-hydroxylation sites is 1. The van der Waals surface area contributed by atoms with E-state index < -0.39 is 5.91 Å². The third-order valence-electron chi connectivity index (χ3n) is 3.66. The third kappa shape index (κ3) is 3.97. The fourth-order valence-corrected chi connectivity index (χ4v) is 2.43. The van der Waals surface area contributed by atoms with Crippen LogP contribution in [0.4, 0.5) is 17.2 Å². The van der Waals surface area contributed by atoms with E-state index in [1.165, 1.54) is 0 Å². The molecule has 6 nitrogen and oxygen atoms in total. The molecule has 0 bridgehead atoms. The Morgan fingerprint density at radius 3 is 2.62 bits per heavy atom. The third-order valence-corrected chi connectivity index (χ3v) is 3.89. The number of anilines is 3. The summed E-state index contributed by atoms with van der Waals surface area (Å²) in [5, 5.41) is 23.4. The molecule has 0 aliphatic heterocycles. The topological polar surface area (TPSA) is 90.7 Å². The van der Waals surface area contributed by atoms with Crippen molar-refractivity contribution >= 4 is 34.7 Å². The smallest absolute Gasteiger partial charge is 0.276 e. The van der Waals surface area contributed by atoms with Crippen LogP contribution >= 0.6 is 11.6 Å². The van der Waals surface area contributed by atoms with Crippen molar-refractivity contribution in [3.63, 3.8) is 0 Å². The number of carbonyl (C=O) groups is 1. The Bertz CT molecular complexity index is 996. The lowest BCUT2D eigenvalue weighted by Crippen LogP contribution is -2.15. The van der Waals surface area contributed by atoms with Crippen LogP contribution < -0.4 is 10.6 Å². The first kappa shape index (κ1) is 17.4. The van der Waals surface area contributed by atoms with Gasteiger partial charge in [-0.15, -0.1) is 10.2 Å². The van der Waals surface area contributed by atoms with Crippen molar-refractivity contribution in [2.45, 2.75) is 6.92 Å². The molecule has 3 rings (SSSR count). The Balaban J connectivity index is 1.74. The molecule has 0 saturated carbocycles. The minimum Gasteiger partial charge on any atom is -0.338 e. The predicted molar refractivity (Wildman–Crippen MR) is 101 cm³/mol. The van der Waals surface area contributed by atoms with E-state index in [0.717, 1.165) is 11.3 Å². The van der Waals surface area contributed by atoms with Gasteiger partial charge in [0, 0.05) is 10.7 Å². The molecule has 1 aromatic heterocycles. The molecule has 2 aromatic carbocycles. The summed E-state index contributed by atoms with van der Waals surface area (Å²) in [6.07, 6.45) is 0. The van der Waals surface area contributed by atoms with E-state index in [0.29, 0.717) is 22.1 Å². The number of nitrogens with one attached hydrogen (secondary N) is 2. The van der Waals surface area contributed by atoms with Crippen molar-refractivity contribution in [2.24, 2.45) is 0 Å². The lowest BCUT2D eigenvalue weighted by atomic mass is 10.2. The molecule has 26 heavy (non-hydrogen) atoms. The molecule has 0 atom stereocenters. The first-order valence-corrected chi connectivity index (χ1v) is 8.12. The maximum absolute atomic E-state index is 12.3. The number of halogens is 1. The van der Waals surface area contributed by atoms with Gasteiger partial charge in [-0.25, -0.2) is 0 Å². The van der Waals surface area contributed by atoms with Gasteiger partial charge in [0.1, 0.15) is 6.07 Å². The summed E-state index contributed by atoms with van der Waals surface area (Å²) in [5.74, 6) is 0.0510. The van der Waals surface area contributed by atoms with Gasteiger partial charge in [0.05, 0.1) is 11.3 Å². The van der Waals surface area contributed by atoms with Crippen molar-refractivity contribution in [1.82, 2.24) is 10.2 Å². The van der Waals surface area contributed by atoms with Crippen LogP contribution in [0.25, 0.3) is 0 Å². The van der Waals surface area contributed by atoms with E-state index in [9.17, 15) is 4.79 Å². The first-order chi connectivity index (χ1) is 12.6. The highest BCUT2D eigenvalue weighted by Gasteiger charge is 2.11. The molecular weight excluding hydrogens is 350 g/mol. The van der Waals surface area contributed by atoms with E-state index in [4.69, 9.17) is 16.9 Å². The summed E-state index contributed by atoms with van der Waals surface area (Å²) in [7, 11) is 0. The molecule has 3 aromatic rings. The first-order valence-electron chi connectivity index (χ1n) is 7.74. The van der Waals surface area contributed by atoms with Gasteiger partial charge < -0.3 is 10.6 Å². The Hall–Kier alpha value is -3.43. The molecule has 1 amide bonds. The molecule has 0 radical (unpaired) electrons. The molecule has 0 unspecified atom stereocenters. The van der Waals surface area contributed by atoms with Crippen LogP contribution in [0.2, 0.25) is 5.02 Å². The highest BCUT2D eigenvalue weighted by Crippen LogP contribution is 2.23. The van der Waals surface area contributed by atoms with Gasteiger partial charge in [0.2, 0.25) is 0 Å². The predicted octanol–water partition coefficient (Wildman–Crippen LogP) is 4.31. The van der Waals surface area contributed by atoms with Crippen molar-refractivity contribution in [3.8, 4) is 6.07 Å². The zero-order valence-electron chi connectivity index (χ0n) is 13.8. The highest BCUT2D eigenvalue weighted by molar-refractivity contribution is 6.30. The quantitative estimate of drug-likeness (QED) is 0.720. The maximum Gasteiger partial charge on any atom is 0.276 e. The fraction of sp³-hybridized carbons (Fsp3) is 0.0526. The second-order valence-corrected chi connectivity index (χ2v) is 5.94. The minimum absolute atomic E-state index is 0.145. The van der Waals surface area contributed by atoms with Crippen LogP contribution in [0.15, 0.2) is 54.6 Å². The van der Waals surface area contributed by atoms with Gasteiger partial charge in [-0.3, -0.25) is 4.79 Å². The summed E-state index contributed by atoms with van der Waals surface area (Å²) in [5.41, 5.74) is 2.77. The number of rotatable bonds is 4. The Kier molecular flexibility index (Phi) is 5.11. The maximum atomic E-state index is 12.3. The molecule has 0 spiro atoms. The van der Waals surface area contributed by atoms with Crippen molar-refractivity contribution in [3.05, 3.63) is 76.4 Å². The summed E-state index contributed by atoms with van der Waals surface area (Å²) >= 11 is 6.00. The number of hydrogen-bond acceptors (Lipinski definition) is 5. The molecule has 0 fully saturated rings. The molecule has 0 saturated heterocycles. The second-order valence-electron chi connectivity index (χ2n) is 5.50. The van der Waals surface area contributed by atoms with Crippen LogP contribution in [0.3, 0.4) is 0 Å². The normalized spacial score (nSPS) is 10.0. The summed E-state index contributed by atoms with van der Waals surface area (Å²) in [6.45, 7) is 1.94. The van der Waals surface area contributed by atoms with Crippen LogP contribution in [0.1, 0.15) is 21.6 Å². The number of nitriles is 1. The van der Waals surface area contributed by atoms with Gasteiger partial charge in [-0.05, 0) is 48.9 Å². The Labute approximate surface area is 155 Å².